The van der Waals surface area contributed by atoms with Crippen LogP contribution in [0.1, 0.15) is 23.0 Å². The van der Waals surface area contributed by atoms with E-state index in [0.717, 1.165) is 13.2 Å². The van der Waals surface area contributed by atoms with Gasteiger partial charge in [0, 0.05) is 6.08 Å². The zero-order valence-electron chi connectivity index (χ0n) is 12.6. The number of fused-ring (bicyclic) bond motifs is 2. The van der Waals surface area contributed by atoms with Crippen molar-refractivity contribution in [3.05, 3.63) is 45.3 Å². The number of aromatic hydroxyl groups is 1. The number of hydrogen-bond acceptors (Lipinski definition) is 7. The highest BCUT2D eigenvalue weighted by atomic mass is 35.5. The summed E-state index contributed by atoms with van der Waals surface area (Å²) in [6, 6.07) is 2.90. The first-order chi connectivity index (χ1) is 11.3. The Morgan fingerprint density at radius 3 is 2.71 bits per heavy atom. The van der Waals surface area contributed by atoms with Crippen molar-refractivity contribution < 1.29 is 28.6 Å². The summed E-state index contributed by atoms with van der Waals surface area (Å²) in [5.41, 5.74) is -0.324. The molecule has 0 spiro atoms. The van der Waals surface area contributed by atoms with Gasteiger partial charge in [-0.2, -0.15) is 0 Å². The molecular weight excluding hydrogens is 340 g/mol. The lowest BCUT2D eigenvalue weighted by atomic mass is 10.0. The van der Waals surface area contributed by atoms with Gasteiger partial charge in [0.05, 0.1) is 17.7 Å². The smallest absolute Gasteiger partial charge is 0.352 e. The monoisotopic (exact) mass is 350 g/mol. The second kappa shape index (κ2) is 5.68. The van der Waals surface area contributed by atoms with Gasteiger partial charge in [0.15, 0.2) is 5.76 Å². The minimum Gasteiger partial charge on any atom is -0.507 e. The van der Waals surface area contributed by atoms with E-state index in [1.165, 1.54) is 12.1 Å². The number of halogens is 1. The minimum atomic E-state index is -1.65. The SMILES string of the molecule is COC(=O)[C@H]1OC(=O)C=C(Cl)c2oc3cc(C)cc(O)c3c(=O)c21. The Bertz CT molecular complexity index is 971. The van der Waals surface area contributed by atoms with Crippen molar-refractivity contribution in [1.82, 2.24) is 0 Å². The second-order valence-corrected chi connectivity index (χ2v) is 5.57. The maximum atomic E-state index is 12.8. The zero-order chi connectivity index (χ0) is 17.6. The fraction of sp³-hybridized carbons (Fsp3) is 0.188. The van der Waals surface area contributed by atoms with E-state index in [1.807, 2.05) is 0 Å². The van der Waals surface area contributed by atoms with Crippen LogP contribution < -0.4 is 5.43 Å². The molecule has 0 fully saturated rings. The molecule has 24 heavy (non-hydrogen) atoms. The number of carbonyl (C=O) groups is 2. The van der Waals surface area contributed by atoms with Crippen LogP contribution in [-0.4, -0.2) is 24.2 Å². The van der Waals surface area contributed by atoms with Crippen LogP contribution in [0.4, 0.5) is 0 Å². The van der Waals surface area contributed by atoms with E-state index in [1.54, 1.807) is 6.92 Å². The van der Waals surface area contributed by atoms with Crippen LogP contribution in [0.15, 0.2) is 27.4 Å². The number of cyclic esters (lactones) is 1. The summed E-state index contributed by atoms with van der Waals surface area (Å²) < 4.78 is 15.1. The lowest BCUT2D eigenvalue weighted by Gasteiger charge is -2.15. The Morgan fingerprint density at radius 2 is 2.04 bits per heavy atom. The van der Waals surface area contributed by atoms with Crippen molar-refractivity contribution in [3.8, 4) is 5.75 Å². The van der Waals surface area contributed by atoms with Crippen molar-refractivity contribution in [2.75, 3.05) is 7.11 Å². The Labute approximate surface area is 140 Å². The molecule has 0 aliphatic carbocycles. The molecule has 1 N–H and O–H groups in total. The second-order valence-electron chi connectivity index (χ2n) is 5.16. The number of methoxy groups -OCH3 is 1. The third-order valence-corrected chi connectivity index (χ3v) is 3.81. The van der Waals surface area contributed by atoms with Crippen LogP contribution in [0.2, 0.25) is 0 Å². The molecule has 7 nitrogen and oxygen atoms in total. The predicted octanol–water partition coefficient (Wildman–Crippen LogP) is 2.16. The zero-order valence-corrected chi connectivity index (χ0v) is 13.3. The summed E-state index contributed by atoms with van der Waals surface area (Å²) >= 11 is 6.02. The van der Waals surface area contributed by atoms with Gasteiger partial charge >= 0.3 is 11.9 Å². The standard InChI is InChI=1S/C16H11ClO7/c1-6-3-8(18)11-9(4-6)23-14-7(17)5-10(19)24-15(16(21)22-2)12(14)13(11)20/h3-5,15,18H,1-2H3/t15-/m0/s1. The Balaban J connectivity index is 2.45. The molecule has 124 valence electrons. The first-order valence-electron chi connectivity index (χ1n) is 6.79. The molecule has 8 heteroatoms. The van der Waals surface area contributed by atoms with Crippen molar-refractivity contribution in [2.45, 2.75) is 13.0 Å². The van der Waals surface area contributed by atoms with Gasteiger partial charge < -0.3 is 19.0 Å². The Hall–Kier alpha value is -2.80. The van der Waals surface area contributed by atoms with Gasteiger partial charge in [-0.1, -0.05) is 11.6 Å². The summed E-state index contributed by atoms with van der Waals surface area (Å²) in [5.74, 6) is -2.39. The Morgan fingerprint density at radius 1 is 1.33 bits per heavy atom. The topological polar surface area (TPSA) is 103 Å². The van der Waals surface area contributed by atoms with Gasteiger partial charge in [-0.15, -0.1) is 0 Å². The number of aryl methyl sites for hydroxylation is 1. The highest BCUT2D eigenvalue weighted by Crippen LogP contribution is 2.35. The van der Waals surface area contributed by atoms with Crippen LogP contribution in [0, 0.1) is 6.92 Å². The number of phenols is 1. The molecule has 1 aliphatic heterocycles. The van der Waals surface area contributed by atoms with Crippen LogP contribution in [0.5, 0.6) is 5.75 Å². The fourth-order valence-electron chi connectivity index (χ4n) is 2.51. The lowest BCUT2D eigenvalue weighted by molar-refractivity contribution is -0.163. The molecule has 0 unspecified atom stereocenters. The van der Waals surface area contributed by atoms with Gasteiger partial charge in [0.25, 0.3) is 0 Å². The molecule has 3 rings (SSSR count). The molecule has 1 atom stereocenters. The molecule has 0 amide bonds. The quantitative estimate of drug-likeness (QED) is 0.786. The summed E-state index contributed by atoms with van der Waals surface area (Å²) in [7, 11) is 1.08. The lowest BCUT2D eigenvalue weighted by Crippen LogP contribution is -2.26. The van der Waals surface area contributed by atoms with E-state index in [-0.39, 0.29) is 33.1 Å². The van der Waals surface area contributed by atoms with E-state index in [4.69, 9.17) is 20.8 Å². The molecule has 2 aromatic rings. The average Bonchev–Trinajstić information content (AvgIpc) is 2.62. The molecule has 1 aromatic heterocycles. The highest BCUT2D eigenvalue weighted by Gasteiger charge is 2.36. The number of ether oxygens (including phenoxy) is 2. The average molecular weight is 351 g/mol. The van der Waals surface area contributed by atoms with E-state index < -0.39 is 23.5 Å². The third-order valence-electron chi connectivity index (χ3n) is 3.53. The van der Waals surface area contributed by atoms with Crippen LogP contribution in [0.25, 0.3) is 16.0 Å². The molecule has 0 radical (unpaired) electrons. The minimum absolute atomic E-state index is 0.0702. The van der Waals surface area contributed by atoms with E-state index in [2.05, 4.69) is 4.74 Å². The first-order valence-corrected chi connectivity index (χ1v) is 7.17. The van der Waals surface area contributed by atoms with E-state index in [0.29, 0.717) is 5.56 Å². The molecule has 0 saturated heterocycles. The predicted molar refractivity (Wildman–Crippen MR) is 83.6 cm³/mol. The summed E-state index contributed by atoms with van der Waals surface area (Å²) in [4.78, 5) is 36.5. The van der Waals surface area contributed by atoms with Gasteiger partial charge in [0.1, 0.15) is 16.7 Å². The maximum absolute atomic E-state index is 12.8. The van der Waals surface area contributed by atoms with Crippen LogP contribution in [-0.2, 0) is 19.1 Å². The van der Waals surface area contributed by atoms with Crippen molar-refractivity contribution in [2.24, 2.45) is 0 Å². The van der Waals surface area contributed by atoms with Crippen molar-refractivity contribution in [1.29, 1.82) is 0 Å². The van der Waals surface area contributed by atoms with Crippen molar-refractivity contribution >= 4 is 39.5 Å². The van der Waals surface area contributed by atoms with Gasteiger partial charge in [-0.05, 0) is 24.6 Å². The summed E-state index contributed by atoms with van der Waals surface area (Å²) in [6.07, 6.45) is -0.750. The third kappa shape index (κ3) is 2.43. The number of esters is 2. The number of hydrogen-bond donors (Lipinski definition) is 1. The van der Waals surface area contributed by atoms with Crippen molar-refractivity contribution in [3.63, 3.8) is 0 Å². The fourth-order valence-corrected chi connectivity index (χ4v) is 2.74. The largest absolute Gasteiger partial charge is 0.507 e. The van der Waals surface area contributed by atoms with Gasteiger partial charge in [-0.25, -0.2) is 9.59 Å². The number of phenolic OH excluding ortho intramolecular Hbond substituents is 1. The highest BCUT2D eigenvalue weighted by molar-refractivity contribution is 6.50. The number of rotatable bonds is 1. The molecule has 0 bridgehead atoms. The first kappa shape index (κ1) is 16.1. The maximum Gasteiger partial charge on any atom is 0.352 e. The number of benzene rings is 1. The van der Waals surface area contributed by atoms with Crippen LogP contribution in [0.3, 0.4) is 0 Å². The van der Waals surface area contributed by atoms with Gasteiger partial charge in [-0.3, -0.25) is 4.79 Å². The van der Waals surface area contributed by atoms with E-state index in [9.17, 15) is 19.5 Å². The van der Waals surface area contributed by atoms with E-state index >= 15 is 0 Å². The molecule has 2 heterocycles. The summed E-state index contributed by atoms with van der Waals surface area (Å²) in [6.45, 7) is 1.70. The molecular formula is C16H11ClO7. The summed E-state index contributed by atoms with van der Waals surface area (Å²) in [5, 5.41) is 9.74. The molecule has 0 saturated carbocycles. The molecule has 1 aliphatic rings. The van der Waals surface area contributed by atoms with Crippen LogP contribution >= 0.6 is 11.6 Å². The van der Waals surface area contributed by atoms with Gasteiger partial charge in [0.2, 0.25) is 11.5 Å². The Kier molecular flexibility index (Phi) is 3.81. The number of carbonyl (C=O) groups excluding carboxylic acids is 2. The molecule has 1 aromatic carbocycles. The normalized spacial score (nSPS) is 16.9.